The molecule has 0 unspecified atom stereocenters. The Balaban J connectivity index is 1.90. The summed E-state index contributed by atoms with van der Waals surface area (Å²) in [5.41, 5.74) is 0.741. The summed E-state index contributed by atoms with van der Waals surface area (Å²) in [6.45, 7) is -0.379. The van der Waals surface area contributed by atoms with Crippen molar-refractivity contribution in [3.8, 4) is 0 Å². The van der Waals surface area contributed by atoms with E-state index in [0.29, 0.717) is 5.56 Å². The van der Waals surface area contributed by atoms with Gasteiger partial charge < -0.3 is 10.1 Å². The molecule has 26 heavy (non-hydrogen) atoms. The largest absolute Gasteiger partial charge is 0.452 e. The third-order valence-electron chi connectivity index (χ3n) is 3.18. The first kappa shape index (κ1) is 19.4. The van der Waals surface area contributed by atoms with E-state index in [1.165, 1.54) is 36.4 Å². The second kappa shape index (κ2) is 8.43. The number of sulfonamides is 1. The van der Waals surface area contributed by atoms with Gasteiger partial charge in [0.25, 0.3) is 5.91 Å². The molecule has 0 spiro atoms. The summed E-state index contributed by atoms with van der Waals surface area (Å²) in [6, 6.07) is 11.5. The maximum atomic E-state index is 12.8. The number of benzene rings is 2. The average molecular weight is 380 g/mol. The van der Waals surface area contributed by atoms with Crippen molar-refractivity contribution in [2.45, 2.75) is 6.54 Å². The van der Waals surface area contributed by atoms with Crippen LogP contribution in [0.5, 0.6) is 0 Å². The summed E-state index contributed by atoms with van der Waals surface area (Å²) in [4.78, 5) is 23.8. The number of rotatable bonds is 7. The van der Waals surface area contributed by atoms with Crippen LogP contribution in [-0.2, 0) is 26.1 Å². The molecule has 2 aromatic rings. The van der Waals surface area contributed by atoms with Crippen LogP contribution in [0.4, 0.5) is 10.1 Å². The SMILES string of the molecule is CS(=O)(=O)Nc1ccccc1C(=O)OCC(=O)NCc1ccc(F)cc1. The van der Waals surface area contributed by atoms with E-state index in [1.54, 1.807) is 12.1 Å². The molecule has 7 nitrogen and oxygen atoms in total. The van der Waals surface area contributed by atoms with Crippen LogP contribution in [0.2, 0.25) is 0 Å². The number of amides is 1. The van der Waals surface area contributed by atoms with Gasteiger partial charge in [-0.15, -0.1) is 0 Å². The second-order valence-corrected chi connectivity index (χ2v) is 7.15. The lowest BCUT2D eigenvalue weighted by molar-refractivity contribution is -0.124. The molecule has 0 atom stereocenters. The van der Waals surface area contributed by atoms with E-state index in [9.17, 15) is 22.4 Å². The maximum Gasteiger partial charge on any atom is 0.340 e. The molecule has 2 N–H and O–H groups in total. The van der Waals surface area contributed by atoms with Gasteiger partial charge in [0.15, 0.2) is 6.61 Å². The lowest BCUT2D eigenvalue weighted by atomic mass is 10.2. The number of carbonyl (C=O) groups excluding carboxylic acids is 2. The molecular formula is C17H17FN2O5S. The third kappa shape index (κ3) is 6.17. The zero-order valence-electron chi connectivity index (χ0n) is 13.9. The number of anilines is 1. The first-order chi connectivity index (χ1) is 12.2. The Hall–Kier alpha value is -2.94. The van der Waals surface area contributed by atoms with Crippen LogP contribution in [0.15, 0.2) is 48.5 Å². The van der Waals surface area contributed by atoms with Crippen LogP contribution in [0.3, 0.4) is 0 Å². The van der Waals surface area contributed by atoms with Gasteiger partial charge in [-0.05, 0) is 29.8 Å². The van der Waals surface area contributed by atoms with Crippen LogP contribution >= 0.6 is 0 Å². The molecule has 9 heteroatoms. The van der Waals surface area contributed by atoms with Crippen molar-refractivity contribution in [1.82, 2.24) is 5.32 Å². The van der Waals surface area contributed by atoms with Crippen molar-refractivity contribution >= 4 is 27.6 Å². The summed E-state index contributed by atoms with van der Waals surface area (Å²) in [5.74, 6) is -1.76. The average Bonchev–Trinajstić information content (AvgIpc) is 2.58. The quantitative estimate of drug-likeness (QED) is 0.712. The molecule has 0 heterocycles. The number of halogens is 1. The van der Waals surface area contributed by atoms with E-state index in [0.717, 1.165) is 6.26 Å². The van der Waals surface area contributed by atoms with Crippen LogP contribution < -0.4 is 10.0 Å². The molecule has 0 aliphatic rings. The summed E-state index contributed by atoms with van der Waals surface area (Å²) in [7, 11) is -3.57. The molecule has 0 aromatic heterocycles. The van der Waals surface area contributed by atoms with Crippen molar-refractivity contribution in [1.29, 1.82) is 0 Å². The highest BCUT2D eigenvalue weighted by atomic mass is 32.2. The fraction of sp³-hybridized carbons (Fsp3) is 0.176. The number of esters is 1. The highest BCUT2D eigenvalue weighted by molar-refractivity contribution is 7.92. The zero-order chi connectivity index (χ0) is 19.2. The van der Waals surface area contributed by atoms with Gasteiger partial charge in [-0.1, -0.05) is 24.3 Å². The smallest absolute Gasteiger partial charge is 0.340 e. The zero-order valence-corrected chi connectivity index (χ0v) is 14.7. The van der Waals surface area contributed by atoms with E-state index in [-0.39, 0.29) is 23.6 Å². The Kier molecular flexibility index (Phi) is 6.29. The fourth-order valence-electron chi connectivity index (χ4n) is 2.01. The lowest BCUT2D eigenvalue weighted by Gasteiger charge is -2.10. The molecule has 0 saturated carbocycles. The maximum absolute atomic E-state index is 12.8. The molecule has 138 valence electrons. The van der Waals surface area contributed by atoms with Gasteiger partial charge in [-0.2, -0.15) is 0 Å². The van der Waals surface area contributed by atoms with E-state index in [1.807, 2.05) is 0 Å². The van der Waals surface area contributed by atoms with Gasteiger partial charge in [0, 0.05) is 6.54 Å². The third-order valence-corrected chi connectivity index (χ3v) is 3.77. The molecule has 0 aliphatic heterocycles. The highest BCUT2D eigenvalue weighted by Crippen LogP contribution is 2.17. The number of ether oxygens (including phenoxy) is 1. The number of hydrogen-bond acceptors (Lipinski definition) is 5. The van der Waals surface area contributed by atoms with Gasteiger partial charge >= 0.3 is 5.97 Å². The van der Waals surface area contributed by atoms with Crippen LogP contribution in [0, 0.1) is 5.82 Å². The second-order valence-electron chi connectivity index (χ2n) is 5.40. The van der Waals surface area contributed by atoms with E-state index < -0.39 is 28.5 Å². The van der Waals surface area contributed by atoms with Crippen molar-refractivity contribution in [2.75, 3.05) is 17.6 Å². The van der Waals surface area contributed by atoms with Crippen LogP contribution in [0.25, 0.3) is 0 Å². The molecule has 2 aromatic carbocycles. The summed E-state index contributed by atoms with van der Waals surface area (Å²) < 4.78 is 42.6. The lowest BCUT2D eigenvalue weighted by Crippen LogP contribution is -2.28. The van der Waals surface area contributed by atoms with Crippen molar-refractivity contribution < 1.29 is 27.1 Å². The molecule has 0 fully saturated rings. The Labute approximate surface area is 150 Å². The first-order valence-corrected chi connectivity index (χ1v) is 9.39. The number of nitrogens with one attached hydrogen (secondary N) is 2. The Bertz CT molecular complexity index is 898. The monoisotopic (exact) mass is 380 g/mol. The number of hydrogen-bond donors (Lipinski definition) is 2. The molecule has 0 radical (unpaired) electrons. The Morgan fingerprint density at radius 2 is 1.73 bits per heavy atom. The van der Waals surface area contributed by atoms with Crippen molar-refractivity contribution in [3.05, 3.63) is 65.5 Å². The van der Waals surface area contributed by atoms with E-state index in [2.05, 4.69) is 10.0 Å². The van der Waals surface area contributed by atoms with Crippen molar-refractivity contribution in [3.63, 3.8) is 0 Å². The van der Waals surface area contributed by atoms with E-state index in [4.69, 9.17) is 4.74 Å². The molecule has 1 amide bonds. The summed E-state index contributed by atoms with van der Waals surface area (Å²) in [6.07, 6.45) is 0.956. The summed E-state index contributed by atoms with van der Waals surface area (Å²) >= 11 is 0. The van der Waals surface area contributed by atoms with Gasteiger partial charge in [0.2, 0.25) is 10.0 Å². The predicted molar refractivity (Wildman–Crippen MR) is 93.4 cm³/mol. The van der Waals surface area contributed by atoms with Crippen molar-refractivity contribution in [2.24, 2.45) is 0 Å². The summed E-state index contributed by atoms with van der Waals surface area (Å²) in [5, 5.41) is 2.53. The molecule has 0 bridgehead atoms. The predicted octanol–water partition coefficient (Wildman–Crippen LogP) is 1.67. The van der Waals surface area contributed by atoms with Gasteiger partial charge in [0.05, 0.1) is 17.5 Å². The van der Waals surface area contributed by atoms with Gasteiger partial charge in [-0.3, -0.25) is 9.52 Å². The van der Waals surface area contributed by atoms with Gasteiger partial charge in [-0.25, -0.2) is 17.6 Å². The Morgan fingerprint density at radius 1 is 1.08 bits per heavy atom. The minimum Gasteiger partial charge on any atom is -0.452 e. The minimum atomic E-state index is -3.57. The Morgan fingerprint density at radius 3 is 2.38 bits per heavy atom. The molecule has 0 saturated heterocycles. The highest BCUT2D eigenvalue weighted by Gasteiger charge is 2.16. The van der Waals surface area contributed by atoms with Crippen LogP contribution in [0.1, 0.15) is 15.9 Å². The molecule has 2 rings (SSSR count). The van der Waals surface area contributed by atoms with Crippen LogP contribution in [-0.4, -0.2) is 33.2 Å². The molecule has 0 aliphatic carbocycles. The van der Waals surface area contributed by atoms with E-state index >= 15 is 0 Å². The van der Waals surface area contributed by atoms with Gasteiger partial charge in [0.1, 0.15) is 5.82 Å². The standard InChI is InChI=1S/C17H17FN2O5S/c1-26(23,24)20-15-5-3-2-4-14(15)17(22)25-11-16(21)19-10-12-6-8-13(18)9-7-12/h2-9,20H,10-11H2,1H3,(H,19,21). The normalized spacial score (nSPS) is 10.8. The molecular weight excluding hydrogens is 363 g/mol. The fourth-order valence-corrected chi connectivity index (χ4v) is 2.59. The first-order valence-electron chi connectivity index (χ1n) is 7.50. The number of carbonyl (C=O) groups is 2. The topological polar surface area (TPSA) is 102 Å². The number of para-hydroxylation sites is 1. The minimum absolute atomic E-state index is 0.00994.